The van der Waals surface area contributed by atoms with E-state index < -0.39 is 0 Å². The van der Waals surface area contributed by atoms with Gasteiger partial charge in [-0.1, -0.05) is 24.3 Å². The van der Waals surface area contributed by atoms with Crippen molar-refractivity contribution in [2.45, 2.75) is 32.6 Å². The number of hydrogen-bond donors (Lipinski definition) is 1. The lowest BCUT2D eigenvalue weighted by Gasteiger charge is -2.33. The molecule has 1 aromatic carbocycles. The van der Waals surface area contributed by atoms with E-state index in [0.717, 1.165) is 26.2 Å². The number of nitrogens with zero attached hydrogens (tertiary/aromatic N) is 1. The van der Waals surface area contributed by atoms with E-state index in [0.29, 0.717) is 17.7 Å². The van der Waals surface area contributed by atoms with Gasteiger partial charge < -0.3 is 10.2 Å². The summed E-state index contributed by atoms with van der Waals surface area (Å²) in [6, 6.07) is 8.21. The molecule has 0 radical (unpaired) electrons. The van der Waals surface area contributed by atoms with Crippen molar-refractivity contribution in [3.05, 3.63) is 35.4 Å². The number of benzene rings is 1. The van der Waals surface area contributed by atoms with Crippen LogP contribution in [0.25, 0.3) is 0 Å². The standard InChI is InChI=1S/C17H24N2O/c1-14-4-2-3-5-15(14)12-16(20)19-11-8-17(13-19)6-9-18-10-7-17/h2-5,18H,6-13H2,1H3. The SMILES string of the molecule is Cc1ccccc1CC(=O)N1CCC2(CCNCC2)C1. The highest BCUT2D eigenvalue weighted by atomic mass is 16.2. The Hall–Kier alpha value is -1.35. The van der Waals surface area contributed by atoms with Crippen molar-refractivity contribution in [1.82, 2.24) is 10.2 Å². The molecule has 2 aliphatic rings. The monoisotopic (exact) mass is 272 g/mol. The molecule has 3 heteroatoms. The molecule has 1 spiro atoms. The maximum atomic E-state index is 12.5. The van der Waals surface area contributed by atoms with Crippen LogP contribution >= 0.6 is 0 Å². The van der Waals surface area contributed by atoms with E-state index >= 15 is 0 Å². The summed E-state index contributed by atoms with van der Waals surface area (Å²) in [5.74, 6) is 0.301. The maximum Gasteiger partial charge on any atom is 0.227 e. The fourth-order valence-corrected chi connectivity index (χ4v) is 3.60. The van der Waals surface area contributed by atoms with Crippen molar-refractivity contribution in [2.24, 2.45) is 5.41 Å². The van der Waals surface area contributed by atoms with Crippen molar-refractivity contribution < 1.29 is 4.79 Å². The molecule has 2 fully saturated rings. The average molecular weight is 272 g/mol. The molecule has 1 aromatic rings. The molecule has 2 heterocycles. The Morgan fingerprint density at radius 3 is 2.75 bits per heavy atom. The van der Waals surface area contributed by atoms with Gasteiger partial charge in [0, 0.05) is 13.1 Å². The largest absolute Gasteiger partial charge is 0.342 e. The topological polar surface area (TPSA) is 32.3 Å². The molecule has 2 saturated heterocycles. The Morgan fingerprint density at radius 1 is 1.25 bits per heavy atom. The second-order valence-electron chi connectivity index (χ2n) is 6.42. The Kier molecular flexibility index (Phi) is 3.79. The quantitative estimate of drug-likeness (QED) is 0.894. The van der Waals surface area contributed by atoms with Crippen LogP contribution in [0.2, 0.25) is 0 Å². The van der Waals surface area contributed by atoms with Gasteiger partial charge in [0.2, 0.25) is 5.91 Å². The molecule has 2 aliphatic heterocycles. The van der Waals surface area contributed by atoms with Gasteiger partial charge in [0.15, 0.2) is 0 Å². The number of nitrogens with one attached hydrogen (secondary N) is 1. The molecular weight excluding hydrogens is 248 g/mol. The molecule has 0 atom stereocenters. The number of likely N-dealkylation sites (tertiary alicyclic amines) is 1. The number of rotatable bonds is 2. The van der Waals surface area contributed by atoms with Crippen LogP contribution in [0.5, 0.6) is 0 Å². The number of piperidine rings is 1. The second-order valence-corrected chi connectivity index (χ2v) is 6.42. The van der Waals surface area contributed by atoms with Gasteiger partial charge in [0.05, 0.1) is 6.42 Å². The number of carbonyl (C=O) groups excluding carboxylic acids is 1. The summed E-state index contributed by atoms with van der Waals surface area (Å²) in [7, 11) is 0. The van der Waals surface area contributed by atoms with Crippen LogP contribution in [0.15, 0.2) is 24.3 Å². The fraction of sp³-hybridized carbons (Fsp3) is 0.588. The molecule has 0 unspecified atom stereocenters. The van der Waals surface area contributed by atoms with Crippen LogP contribution in [0.3, 0.4) is 0 Å². The molecule has 1 N–H and O–H groups in total. The van der Waals surface area contributed by atoms with Crippen LogP contribution in [0.4, 0.5) is 0 Å². The number of carbonyl (C=O) groups is 1. The van der Waals surface area contributed by atoms with Crippen molar-refractivity contribution in [1.29, 1.82) is 0 Å². The van der Waals surface area contributed by atoms with Crippen LogP contribution in [0, 0.1) is 12.3 Å². The molecule has 0 saturated carbocycles. The average Bonchev–Trinajstić information content (AvgIpc) is 2.86. The molecule has 0 aromatic heterocycles. The Morgan fingerprint density at radius 2 is 2.00 bits per heavy atom. The van der Waals surface area contributed by atoms with E-state index in [9.17, 15) is 4.79 Å². The van der Waals surface area contributed by atoms with E-state index in [1.807, 2.05) is 12.1 Å². The predicted octanol–water partition coefficient (Wildman–Crippen LogP) is 2.14. The summed E-state index contributed by atoms with van der Waals surface area (Å²) in [6.45, 7) is 6.23. The zero-order chi connectivity index (χ0) is 14.0. The van der Waals surface area contributed by atoms with Crippen LogP contribution in [-0.4, -0.2) is 37.0 Å². The second kappa shape index (κ2) is 5.57. The third-order valence-corrected chi connectivity index (χ3v) is 5.06. The smallest absolute Gasteiger partial charge is 0.227 e. The van der Waals surface area contributed by atoms with Crippen LogP contribution in [-0.2, 0) is 11.2 Å². The lowest BCUT2D eigenvalue weighted by molar-refractivity contribution is -0.129. The molecule has 1 amide bonds. The zero-order valence-corrected chi connectivity index (χ0v) is 12.3. The van der Waals surface area contributed by atoms with Crippen molar-refractivity contribution in [3.63, 3.8) is 0 Å². The normalized spacial score (nSPS) is 21.4. The molecule has 3 rings (SSSR count). The lowest BCUT2D eigenvalue weighted by atomic mass is 9.78. The van der Waals surface area contributed by atoms with E-state index in [-0.39, 0.29) is 0 Å². The van der Waals surface area contributed by atoms with Gasteiger partial charge in [0.25, 0.3) is 0 Å². The number of hydrogen-bond acceptors (Lipinski definition) is 2. The first-order valence-corrected chi connectivity index (χ1v) is 7.72. The third-order valence-electron chi connectivity index (χ3n) is 5.06. The van der Waals surface area contributed by atoms with E-state index in [4.69, 9.17) is 0 Å². The molecule has 108 valence electrons. The minimum atomic E-state index is 0.301. The van der Waals surface area contributed by atoms with Gasteiger partial charge in [-0.3, -0.25) is 4.79 Å². The summed E-state index contributed by atoms with van der Waals surface area (Å²) >= 11 is 0. The van der Waals surface area contributed by atoms with E-state index in [2.05, 4.69) is 29.3 Å². The predicted molar refractivity (Wildman–Crippen MR) is 80.6 cm³/mol. The van der Waals surface area contributed by atoms with E-state index in [1.54, 1.807) is 0 Å². The van der Waals surface area contributed by atoms with Crippen LogP contribution in [0.1, 0.15) is 30.4 Å². The van der Waals surface area contributed by atoms with Crippen LogP contribution < -0.4 is 5.32 Å². The minimum absolute atomic E-state index is 0.301. The lowest BCUT2D eigenvalue weighted by Crippen LogP contribution is -2.40. The molecule has 0 bridgehead atoms. The van der Waals surface area contributed by atoms with Gasteiger partial charge in [-0.15, -0.1) is 0 Å². The summed E-state index contributed by atoms with van der Waals surface area (Å²) in [5.41, 5.74) is 2.80. The fourth-order valence-electron chi connectivity index (χ4n) is 3.60. The first-order valence-electron chi connectivity index (χ1n) is 7.72. The van der Waals surface area contributed by atoms with Crippen molar-refractivity contribution in [2.75, 3.05) is 26.2 Å². The Bertz CT molecular complexity index is 492. The summed E-state index contributed by atoms with van der Waals surface area (Å²) in [5, 5.41) is 3.42. The third kappa shape index (κ3) is 2.73. The highest BCUT2D eigenvalue weighted by Crippen LogP contribution is 2.38. The minimum Gasteiger partial charge on any atom is -0.342 e. The molecule has 20 heavy (non-hydrogen) atoms. The van der Waals surface area contributed by atoms with Gasteiger partial charge in [-0.05, 0) is 55.8 Å². The Balaban J connectivity index is 1.63. The van der Waals surface area contributed by atoms with Crippen molar-refractivity contribution in [3.8, 4) is 0 Å². The first kappa shape index (κ1) is 13.6. The van der Waals surface area contributed by atoms with E-state index in [1.165, 1.54) is 30.4 Å². The zero-order valence-electron chi connectivity index (χ0n) is 12.3. The van der Waals surface area contributed by atoms with Gasteiger partial charge in [-0.2, -0.15) is 0 Å². The summed E-state index contributed by atoms with van der Waals surface area (Å²) < 4.78 is 0. The number of amides is 1. The first-order chi connectivity index (χ1) is 9.69. The molecule has 3 nitrogen and oxygen atoms in total. The van der Waals surface area contributed by atoms with Gasteiger partial charge in [0.1, 0.15) is 0 Å². The Labute approximate surface area is 121 Å². The summed E-state index contributed by atoms with van der Waals surface area (Å²) in [6.07, 6.45) is 4.19. The highest BCUT2D eigenvalue weighted by molar-refractivity contribution is 5.79. The maximum absolute atomic E-state index is 12.5. The van der Waals surface area contributed by atoms with Gasteiger partial charge >= 0.3 is 0 Å². The summed E-state index contributed by atoms with van der Waals surface area (Å²) in [4.78, 5) is 14.6. The molecule has 0 aliphatic carbocycles. The van der Waals surface area contributed by atoms with Gasteiger partial charge in [-0.25, -0.2) is 0 Å². The molecular formula is C17H24N2O. The van der Waals surface area contributed by atoms with Crippen molar-refractivity contribution >= 4 is 5.91 Å². The highest BCUT2D eigenvalue weighted by Gasteiger charge is 2.40. The number of aryl methyl sites for hydroxylation is 1.